The molecule has 0 amide bonds. The van der Waals surface area contributed by atoms with E-state index in [-0.39, 0.29) is 11.5 Å². The first-order chi connectivity index (χ1) is 13.5. The molecule has 3 rings (SSSR count). The number of rotatable bonds is 7. The van der Waals surface area contributed by atoms with Gasteiger partial charge in [-0.25, -0.2) is 4.79 Å². The first kappa shape index (κ1) is 19.6. The fraction of sp³-hybridized carbons (Fsp3) is 0.250. The molecule has 0 spiro atoms. The van der Waals surface area contributed by atoms with Crippen LogP contribution in [0.2, 0.25) is 0 Å². The molecule has 0 fully saturated rings. The predicted molar refractivity (Wildman–Crippen MR) is 114 cm³/mol. The van der Waals surface area contributed by atoms with Crippen LogP contribution in [-0.4, -0.2) is 5.90 Å². The molecule has 1 N–H and O–H groups in total. The molecule has 0 saturated carbocycles. The van der Waals surface area contributed by atoms with Crippen molar-refractivity contribution in [2.75, 3.05) is 0 Å². The van der Waals surface area contributed by atoms with Crippen LogP contribution in [0.15, 0.2) is 69.9 Å². The number of benzene rings is 2. The molecule has 0 aliphatic carbocycles. The lowest BCUT2D eigenvalue weighted by atomic mass is 10.0. The molecule has 0 aliphatic heterocycles. The third kappa shape index (κ3) is 4.58. The summed E-state index contributed by atoms with van der Waals surface area (Å²) in [5, 5.41) is 8.53. The zero-order valence-corrected chi connectivity index (χ0v) is 16.4. The van der Waals surface area contributed by atoms with Gasteiger partial charge >= 0.3 is 5.63 Å². The topological polar surface area (TPSA) is 63.3 Å². The van der Waals surface area contributed by atoms with Gasteiger partial charge in [0.15, 0.2) is 0 Å². The highest BCUT2D eigenvalue weighted by atomic mass is 16.5. The first-order valence-corrected chi connectivity index (χ1v) is 9.57. The molecule has 144 valence electrons. The second kappa shape index (κ2) is 8.70. The van der Waals surface area contributed by atoms with Crippen molar-refractivity contribution >= 4 is 16.9 Å². The quantitative estimate of drug-likeness (QED) is 0.234. The Morgan fingerprint density at radius 3 is 2.54 bits per heavy atom. The maximum Gasteiger partial charge on any atom is 0.344 e. The zero-order valence-electron chi connectivity index (χ0n) is 16.4. The van der Waals surface area contributed by atoms with Crippen LogP contribution >= 0.6 is 0 Å². The Hall–Kier alpha value is -3.14. The van der Waals surface area contributed by atoms with Gasteiger partial charge in [0.25, 0.3) is 0 Å². The van der Waals surface area contributed by atoms with Crippen molar-refractivity contribution in [1.29, 1.82) is 5.41 Å². The summed E-state index contributed by atoms with van der Waals surface area (Å²) in [5.74, 6) is 0.516. The monoisotopic (exact) mass is 375 g/mol. The molecule has 4 heteroatoms. The van der Waals surface area contributed by atoms with Crippen molar-refractivity contribution in [2.24, 2.45) is 0 Å². The first-order valence-electron chi connectivity index (χ1n) is 9.57. The van der Waals surface area contributed by atoms with Crippen molar-refractivity contribution in [3.05, 3.63) is 76.7 Å². The van der Waals surface area contributed by atoms with Crippen LogP contribution < -0.4 is 10.4 Å². The lowest BCUT2D eigenvalue weighted by Crippen LogP contribution is -2.07. The molecule has 0 saturated heterocycles. The number of hydrogen-bond acceptors (Lipinski definition) is 4. The Balaban J connectivity index is 1.90. The van der Waals surface area contributed by atoms with E-state index < -0.39 is 0 Å². The lowest BCUT2D eigenvalue weighted by molar-refractivity contribution is 0.542. The van der Waals surface area contributed by atoms with Gasteiger partial charge in [0, 0.05) is 11.0 Å². The van der Waals surface area contributed by atoms with Crippen LogP contribution in [0.3, 0.4) is 0 Å². The minimum atomic E-state index is -0.366. The molecular weight excluding hydrogens is 350 g/mol. The summed E-state index contributed by atoms with van der Waals surface area (Å²) >= 11 is 0. The third-order valence-corrected chi connectivity index (χ3v) is 4.65. The van der Waals surface area contributed by atoms with Crippen molar-refractivity contribution in [1.82, 2.24) is 0 Å². The van der Waals surface area contributed by atoms with Gasteiger partial charge in [-0.05, 0) is 55.2 Å². The molecule has 1 aromatic heterocycles. The van der Waals surface area contributed by atoms with E-state index in [9.17, 15) is 4.79 Å². The van der Waals surface area contributed by atoms with Gasteiger partial charge in [0.2, 0.25) is 5.90 Å². The van der Waals surface area contributed by atoms with E-state index in [0.717, 1.165) is 17.4 Å². The molecule has 3 aromatic rings. The fourth-order valence-electron chi connectivity index (χ4n) is 3.00. The molecule has 0 bridgehead atoms. The predicted octanol–water partition coefficient (Wildman–Crippen LogP) is 6.12. The Labute approximate surface area is 165 Å². The van der Waals surface area contributed by atoms with Gasteiger partial charge < -0.3 is 9.15 Å². The fourth-order valence-corrected chi connectivity index (χ4v) is 3.00. The van der Waals surface area contributed by atoms with Crippen molar-refractivity contribution in [3.63, 3.8) is 0 Å². The van der Waals surface area contributed by atoms with Crippen molar-refractivity contribution < 1.29 is 9.15 Å². The summed E-state index contributed by atoms with van der Waals surface area (Å²) in [6.45, 7) is 7.61. The smallest absolute Gasteiger partial charge is 0.344 e. The van der Waals surface area contributed by atoms with Crippen molar-refractivity contribution in [3.8, 4) is 16.9 Å². The highest BCUT2D eigenvalue weighted by Gasteiger charge is 2.10. The van der Waals surface area contributed by atoms with Crippen molar-refractivity contribution in [2.45, 2.75) is 39.5 Å². The summed E-state index contributed by atoms with van der Waals surface area (Å²) in [6, 6.07) is 15.0. The summed E-state index contributed by atoms with van der Waals surface area (Å²) < 4.78 is 11.0. The van der Waals surface area contributed by atoms with Crippen LogP contribution in [-0.2, 0) is 6.42 Å². The average Bonchev–Trinajstić information content (AvgIpc) is 2.68. The number of fused-ring (bicyclic) bond motifs is 1. The Morgan fingerprint density at radius 2 is 1.86 bits per heavy atom. The number of aryl methyl sites for hydroxylation is 1. The van der Waals surface area contributed by atoms with Crippen LogP contribution in [0, 0.1) is 5.41 Å². The van der Waals surface area contributed by atoms with E-state index in [2.05, 4.69) is 25.6 Å². The second-order valence-corrected chi connectivity index (χ2v) is 7.01. The molecule has 0 aliphatic rings. The molecule has 1 heterocycles. The molecule has 4 nitrogen and oxygen atoms in total. The average molecular weight is 375 g/mol. The Morgan fingerprint density at radius 1 is 1.11 bits per heavy atom. The minimum absolute atomic E-state index is 0.00983. The lowest BCUT2D eigenvalue weighted by Gasteiger charge is -2.08. The highest BCUT2D eigenvalue weighted by molar-refractivity contribution is 5.92. The molecule has 0 unspecified atom stereocenters. The Kier molecular flexibility index (Phi) is 6.09. The van der Waals surface area contributed by atoms with E-state index in [1.165, 1.54) is 24.8 Å². The summed E-state index contributed by atoms with van der Waals surface area (Å²) in [5.41, 5.74) is 3.28. The van der Waals surface area contributed by atoms with Gasteiger partial charge in [-0.1, -0.05) is 50.6 Å². The molecule has 28 heavy (non-hydrogen) atoms. The van der Waals surface area contributed by atoms with Gasteiger partial charge in [-0.3, -0.25) is 5.41 Å². The number of unbranched alkanes of at least 4 members (excludes halogenated alkanes) is 2. The minimum Gasteiger partial charge on any atom is -0.439 e. The van der Waals surface area contributed by atoms with Gasteiger partial charge in [0.05, 0.1) is 5.56 Å². The summed E-state index contributed by atoms with van der Waals surface area (Å²) in [7, 11) is 0. The molecular formula is C24H25NO3. The van der Waals surface area contributed by atoms with E-state index in [0.29, 0.717) is 22.5 Å². The number of hydrogen-bond donors (Lipinski definition) is 1. The molecule has 2 aromatic carbocycles. The van der Waals surface area contributed by atoms with Gasteiger partial charge in [-0.15, -0.1) is 0 Å². The standard InChI is InChI=1S/C24H25NO3/c1-4-5-6-7-17-8-10-18(11-9-17)21-15-19-14-20(27-23(25)16(2)3)12-13-22(19)28-24(21)26/h8-15,25H,2,4-7H2,1,3H3. The van der Waals surface area contributed by atoms with E-state index in [1.807, 2.05) is 18.2 Å². The summed E-state index contributed by atoms with van der Waals surface area (Å²) in [6.07, 6.45) is 4.66. The highest BCUT2D eigenvalue weighted by Crippen LogP contribution is 2.25. The second-order valence-electron chi connectivity index (χ2n) is 7.01. The van der Waals surface area contributed by atoms with E-state index in [4.69, 9.17) is 14.6 Å². The zero-order chi connectivity index (χ0) is 20.1. The summed E-state index contributed by atoms with van der Waals surface area (Å²) in [4.78, 5) is 12.4. The number of nitrogens with one attached hydrogen (secondary N) is 1. The largest absolute Gasteiger partial charge is 0.439 e. The van der Waals surface area contributed by atoms with E-state index in [1.54, 1.807) is 25.1 Å². The van der Waals surface area contributed by atoms with Crippen LogP contribution in [0.1, 0.15) is 38.7 Å². The number of ether oxygens (including phenoxy) is 1. The van der Waals surface area contributed by atoms with Crippen LogP contribution in [0.4, 0.5) is 0 Å². The van der Waals surface area contributed by atoms with Crippen LogP contribution in [0.25, 0.3) is 22.1 Å². The normalized spacial score (nSPS) is 10.8. The molecule has 0 atom stereocenters. The SMILES string of the molecule is C=C(C)C(=N)Oc1ccc2oc(=O)c(-c3ccc(CCCCC)cc3)cc2c1. The van der Waals surface area contributed by atoms with Crippen LogP contribution in [0.5, 0.6) is 5.75 Å². The molecule has 0 radical (unpaired) electrons. The van der Waals surface area contributed by atoms with E-state index >= 15 is 0 Å². The third-order valence-electron chi connectivity index (χ3n) is 4.65. The Bertz CT molecular complexity index is 1060. The van der Waals surface area contributed by atoms with Gasteiger partial charge in [-0.2, -0.15) is 0 Å². The van der Waals surface area contributed by atoms with Gasteiger partial charge in [0.1, 0.15) is 11.3 Å². The maximum atomic E-state index is 12.4. The maximum absolute atomic E-state index is 12.4.